The number of hydrogen-bond donors (Lipinski definition) is 2. The van der Waals surface area contributed by atoms with E-state index in [0.717, 1.165) is 4.57 Å². The van der Waals surface area contributed by atoms with E-state index < -0.39 is 15.9 Å². The van der Waals surface area contributed by atoms with E-state index in [-0.39, 0.29) is 26.9 Å². The number of rotatable bonds is 5. The maximum atomic E-state index is 13.4. The molecule has 0 radical (unpaired) electrons. The Bertz CT molecular complexity index is 1440. The Labute approximate surface area is 183 Å². The van der Waals surface area contributed by atoms with Gasteiger partial charge < -0.3 is 10.2 Å². The van der Waals surface area contributed by atoms with Crippen LogP contribution in [-0.4, -0.2) is 29.1 Å². The summed E-state index contributed by atoms with van der Waals surface area (Å²) in [5.74, 6) is 1.43. The van der Waals surface area contributed by atoms with Gasteiger partial charge in [0.2, 0.25) is 9.84 Å². The second-order valence-corrected chi connectivity index (χ2v) is 9.12. The topological polar surface area (TPSA) is 96.6 Å². The zero-order valence-electron chi connectivity index (χ0n) is 15.9. The van der Waals surface area contributed by atoms with E-state index in [9.17, 15) is 23.4 Å². The summed E-state index contributed by atoms with van der Waals surface area (Å²) in [7, 11) is -4.08. The summed E-state index contributed by atoms with van der Waals surface area (Å²) in [6.07, 6.45) is -1.63. The fourth-order valence-corrected chi connectivity index (χ4v) is 5.07. The van der Waals surface area contributed by atoms with Gasteiger partial charge in [0.05, 0.1) is 10.4 Å². The average Bonchev–Trinajstić information content (AvgIpc) is 3.14. The standard InChI is InChI=1S/C23H16ClNO5S/c24-16-10-11-19-15(12-16)13-22(31(29,30)17-6-2-1-3-7-17)25(19)20(14-26)23(28)18-8-4-5-9-21(18)27/h1-13,23,27-28H. The fraction of sp³-hybridized carbons (Fsp3) is 0.0435. The number of hydrogen-bond acceptors (Lipinski definition) is 5. The van der Waals surface area contributed by atoms with Gasteiger partial charge in [-0.15, -0.1) is 0 Å². The molecule has 2 N–H and O–H groups in total. The highest BCUT2D eigenvalue weighted by Gasteiger charge is 2.29. The van der Waals surface area contributed by atoms with Crippen molar-refractivity contribution in [2.45, 2.75) is 16.0 Å². The Morgan fingerprint density at radius 3 is 2.32 bits per heavy atom. The number of fused-ring (bicyclic) bond motifs is 1. The molecule has 156 valence electrons. The average molecular weight is 454 g/mol. The third-order valence-corrected chi connectivity index (χ3v) is 6.87. The van der Waals surface area contributed by atoms with E-state index in [1.54, 1.807) is 54.5 Å². The first-order valence-corrected chi connectivity index (χ1v) is 11.0. The normalized spacial score (nSPS) is 12.5. The van der Waals surface area contributed by atoms with Crippen LogP contribution in [-0.2, 0) is 14.6 Å². The molecule has 0 spiro atoms. The van der Waals surface area contributed by atoms with Crippen molar-refractivity contribution in [2.24, 2.45) is 0 Å². The van der Waals surface area contributed by atoms with Crippen LogP contribution in [0.3, 0.4) is 0 Å². The van der Waals surface area contributed by atoms with Crippen LogP contribution in [0.15, 0.2) is 88.8 Å². The highest BCUT2D eigenvalue weighted by atomic mass is 35.5. The van der Waals surface area contributed by atoms with E-state index in [1.165, 1.54) is 30.3 Å². The van der Waals surface area contributed by atoms with Crippen molar-refractivity contribution in [3.63, 3.8) is 0 Å². The zero-order valence-corrected chi connectivity index (χ0v) is 17.5. The minimum atomic E-state index is -4.08. The SMILES string of the molecule is O=C=C(C(O)c1ccccc1O)n1c(S(=O)(=O)c2ccccc2)cc2cc(Cl)ccc21. The number of aliphatic hydroxyl groups excluding tert-OH is 1. The number of phenolic OH excluding ortho intramolecular Hbond substituents is 1. The third-order valence-electron chi connectivity index (χ3n) is 4.89. The lowest BCUT2D eigenvalue weighted by Crippen LogP contribution is -2.14. The van der Waals surface area contributed by atoms with E-state index in [4.69, 9.17) is 11.6 Å². The molecule has 31 heavy (non-hydrogen) atoms. The molecular formula is C23H16ClNO5S. The summed E-state index contributed by atoms with van der Waals surface area (Å²) in [5.41, 5.74) is -0.000205. The van der Waals surface area contributed by atoms with Gasteiger partial charge in [0, 0.05) is 16.0 Å². The van der Waals surface area contributed by atoms with Crippen LogP contribution in [0.1, 0.15) is 11.7 Å². The monoisotopic (exact) mass is 453 g/mol. The Morgan fingerprint density at radius 1 is 0.968 bits per heavy atom. The van der Waals surface area contributed by atoms with Gasteiger partial charge in [-0.2, -0.15) is 0 Å². The Morgan fingerprint density at radius 2 is 1.65 bits per heavy atom. The van der Waals surface area contributed by atoms with E-state index in [2.05, 4.69) is 0 Å². The summed E-state index contributed by atoms with van der Waals surface area (Å²) in [5, 5.41) is 21.6. The number of para-hydroxylation sites is 1. The van der Waals surface area contributed by atoms with Crippen molar-refractivity contribution in [2.75, 3.05) is 0 Å². The summed E-state index contributed by atoms with van der Waals surface area (Å²) >= 11 is 6.08. The van der Waals surface area contributed by atoms with Crippen LogP contribution >= 0.6 is 11.6 Å². The third kappa shape index (κ3) is 3.65. The lowest BCUT2D eigenvalue weighted by atomic mass is 10.1. The molecule has 3 aromatic carbocycles. The molecule has 1 unspecified atom stereocenters. The second-order valence-electron chi connectivity index (χ2n) is 6.79. The number of benzene rings is 3. The molecule has 0 aliphatic heterocycles. The van der Waals surface area contributed by atoms with Gasteiger partial charge in [-0.3, -0.25) is 4.57 Å². The smallest absolute Gasteiger partial charge is 0.222 e. The number of aliphatic hydroxyl groups is 1. The summed E-state index contributed by atoms with van der Waals surface area (Å²) in [6, 6.07) is 19.7. The summed E-state index contributed by atoms with van der Waals surface area (Å²) in [6.45, 7) is 0. The Kier molecular flexibility index (Phi) is 5.43. The first-order chi connectivity index (χ1) is 14.8. The van der Waals surface area contributed by atoms with Gasteiger partial charge in [-0.25, -0.2) is 13.2 Å². The molecule has 6 nitrogen and oxygen atoms in total. The predicted molar refractivity (Wildman–Crippen MR) is 117 cm³/mol. The maximum Gasteiger partial charge on any atom is 0.222 e. The second kappa shape index (κ2) is 8.06. The van der Waals surface area contributed by atoms with E-state index >= 15 is 0 Å². The van der Waals surface area contributed by atoms with Crippen LogP contribution in [0, 0.1) is 0 Å². The van der Waals surface area contributed by atoms with Gasteiger partial charge in [0.25, 0.3) is 0 Å². The van der Waals surface area contributed by atoms with Crippen LogP contribution in [0.4, 0.5) is 0 Å². The first kappa shape index (κ1) is 20.9. The van der Waals surface area contributed by atoms with Crippen LogP contribution in [0.2, 0.25) is 5.02 Å². The van der Waals surface area contributed by atoms with Crippen LogP contribution in [0.5, 0.6) is 5.75 Å². The highest BCUT2D eigenvalue weighted by Crippen LogP contribution is 2.37. The number of halogens is 1. The van der Waals surface area contributed by atoms with Crippen molar-refractivity contribution in [1.82, 2.24) is 4.57 Å². The van der Waals surface area contributed by atoms with Crippen LogP contribution < -0.4 is 0 Å². The highest BCUT2D eigenvalue weighted by molar-refractivity contribution is 7.91. The van der Waals surface area contributed by atoms with Gasteiger partial charge in [0.1, 0.15) is 28.5 Å². The molecule has 4 aromatic rings. The lowest BCUT2D eigenvalue weighted by Gasteiger charge is -2.18. The minimum absolute atomic E-state index is 0.0208. The zero-order chi connectivity index (χ0) is 22.2. The lowest BCUT2D eigenvalue weighted by molar-refractivity contribution is 0.227. The summed E-state index contributed by atoms with van der Waals surface area (Å²) < 4.78 is 28.0. The fourth-order valence-electron chi connectivity index (χ4n) is 3.42. The molecule has 0 saturated carbocycles. The number of aromatic hydroxyl groups is 1. The molecule has 0 fully saturated rings. The van der Waals surface area contributed by atoms with Gasteiger partial charge in [-0.05, 0) is 42.5 Å². The number of nitrogens with zero attached hydrogens (tertiary/aromatic N) is 1. The minimum Gasteiger partial charge on any atom is -0.508 e. The number of sulfone groups is 1. The molecule has 0 aliphatic rings. The van der Waals surface area contributed by atoms with Crippen LogP contribution in [0.25, 0.3) is 16.6 Å². The molecule has 4 rings (SSSR count). The maximum absolute atomic E-state index is 13.4. The largest absolute Gasteiger partial charge is 0.508 e. The van der Waals surface area contributed by atoms with E-state index in [0.29, 0.717) is 15.9 Å². The predicted octanol–water partition coefficient (Wildman–Crippen LogP) is 4.24. The molecule has 0 amide bonds. The van der Waals surface area contributed by atoms with Gasteiger partial charge in [0.15, 0.2) is 0 Å². The molecule has 1 atom stereocenters. The van der Waals surface area contributed by atoms with Crippen molar-refractivity contribution >= 4 is 44.0 Å². The Balaban J connectivity index is 2.02. The first-order valence-electron chi connectivity index (χ1n) is 9.17. The molecule has 0 aliphatic carbocycles. The molecule has 1 heterocycles. The molecule has 0 saturated heterocycles. The van der Waals surface area contributed by atoms with Crippen molar-refractivity contribution < 1.29 is 23.4 Å². The number of aromatic nitrogens is 1. The van der Waals surface area contributed by atoms with Crippen molar-refractivity contribution in [3.05, 3.63) is 89.4 Å². The molecule has 8 heteroatoms. The van der Waals surface area contributed by atoms with E-state index in [1.807, 2.05) is 0 Å². The van der Waals surface area contributed by atoms with Crippen molar-refractivity contribution in [1.29, 1.82) is 0 Å². The number of phenols is 1. The molecule has 1 aromatic heterocycles. The summed E-state index contributed by atoms with van der Waals surface area (Å²) in [4.78, 5) is 12.0. The quantitative estimate of drug-likeness (QED) is 0.440. The number of carbonyl (C=O) groups excluding carboxylic acids is 1. The van der Waals surface area contributed by atoms with Crippen molar-refractivity contribution in [3.8, 4) is 5.75 Å². The van der Waals surface area contributed by atoms with Gasteiger partial charge in [-0.1, -0.05) is 48.0 Å². The van der Waals surface area contributed by atoms with Gasteiger partial charge >= 0.3 is 0 Å². The Hall–Kier alpha value is -3.35. The molecular weight excluding hydrogens is 438 g/mol. The molecule has 0 bridgehead atoms.